The molecule has 2 aromatic carbocycles. The average molecular weight is 369 g/mol. The van der Waals surface area contributed by atoms with E-state index in [1.165, 1.54) is 0 Å². The first kappa shape index (κ1) is 14.5. The highest BCUT2D eigenvalue weighted by Gasteiger charge is 2.15. The Bertz CT molecular complexity index is 663. The second-order valence-corrected chi connectivity index (χ2v) is 6.07. The van der Waals surface area contributed by atoms with Gasteiger partial charge in [0.05, 0.1) is 15.2 Å². The molecule has 1 heterocycles. The van der Waals surface area contributed by atoms with E-state index < -0.39 is 0 Å². The first-order valence-corrected chi connectivity index (χ1v) is 7.92. The van der Waals surface area contributed by atoms with Crippen molar-refractivity contribution in [2.75, 3.05) is 18.5 Å². The normalized spacial score (nSPS) is 14.6. The van der Waals surface area contributed by atoms with Crippen LogP contribution in [-0.4, -0.2) is 13.2 Å². The van der Waals surface area contributed by atoms with Gasteiger partial charge in [0, 0.05) is 6.04 Å². The van der Waals surface area contributed by atoms with Crippen LogP contribution in [0, 0.1) is 0 Å². The molecule has 0 spiro atoms. The van der Waals surface area contributed by atoms with Gasteiger partial charge in [-0.25, -0.2) is 0 Å². The Kier molecular flexibility index (Phi) is 4.27. The summed E-state index contributed by atoms with van der Waals surface area (Å²) >= 11 is 9.62. The third-order valence-electron chi connectivity index (χ3n) is 3.39. The molecular formula is C16H15BrClNO2. The van der Waals surface area contributed by atoms with E-state index in [1.807, 2.05) is 36.4 Å². The summed E-state index contributed by atoms with van der Waals surface area (Å²) in [6, 6.07) is 11.9. The highest BCUT2D eigenvalue weighted by molar-refractivity contribution is 9.10. The minimum absolute atomic E-state index is 0.121. The molecule has 0 amide bonds. The Morgan fingerprint density at radius 2 is 1.90 bits per heavy atom. The van der Waals surface area contributed by atoms with Crippen molar-refractivity contribution in [1.29, 1.82) is 0 Å². The van der Waals surface area contributed by atoms with Gasteiger partial charge < -0.3 is 14.8 Å². The third kappa shape index (κ3) is 3.11. The van der Waals surface area contributed by atoms with E-state index in [1.54, 1.807) is 0 Å². The van der Waals surface area contributed by atoms with E-state index in [2.05, 4.69) is 28.2 Å². The Morgan fingerprint density at radius 1 is 1.14 bits per heavy atom. The molecule has 0 aliphatic carbocycles. The Hall–Kier alpha value is -1.39. The van der Waals surface area contributed by atoms with Crippen LogP contribution in [-0.2, 0) is 0 Å². The standard InChI is InChI=1S/C16H15BrClNO2/c1-10(19-13-4-2-3-12(18)16(13)17)11-5-6-14-15(9-11)21-8-7-20-14/h2-6,9-10,19H,7-8H2,1H3. The number of nitrogens with one attached hydrogen (secondary N) is 1. The molecule has 3 nitrogen and oxygen atoms in total. The smallest absolute Gasteiger partial charge is 0.161 e. The van der Waals surface area contributed by atoms with E-state index in [9.17, 15) is 0 Å². The number of hydrogen-bond donors (Lipinski definition) is 1. The molecule has 5 heteroatoms. The minimum Gasteiger partial charge on any atom is -0.486 e. The molecule has 1 N–H and O–H groups in total. The Morgan fingerprint density at radius 3 is 2.71 bits per heavy atom. The second kappa shape index (κ2) is 6.16. The van der Waals surface area contributed by atoms with Gasteiger partial charge in [-0.15, -0.1) is 0 Å². The van der Waals surface area contributed by atoms with Crippen molar-refractivity contribution >= 4 is 33.2 Å². The Balaban J connectivity index is 1.82. The van der Waals surface area contributed by atoms with Crippen molar-refractivity contribution in [3.8, 4) is 11.5 Å². The monoisotopic (exact) mass is 367 g/mol. The highest BCUT2D eigenvalue weighted by atomic mass is 79.9. The number of halogens is 2. The van der Waals surface area contributed by atoms with Crippen LogP contribution in [0.15, 0.2) is 40.9 Å². The molecule has 21 heavy (non-hydrogen) atoms. The summed E-state index contributed by atoms with van der Waals surface area (Å²) in [7, 11) is 0. The van der Waals surface area contributed by atoms with Crippen LogP contribution in [0.2, 0.25) is 5.02 Å². The van der Waals surface area contributed by atoms with Crippen LogP contribution < -0.4 is 14.8 Å². The number of hydrogen-bond acceptors (Lipinski definition) is 3. The van der Waals surface area contributed by atoms with Gasteiger partial charge in [-0.3, -0.25) is 0 Å². The summed E-state index contributed by atoms with van der Waals surface area (Å²) in [4.78, 5) is 0. The number of benzene rings is 2. The Labute approximate surface area is 137 Å². The maximum atomic E-state index is 6.11. The highest BCUT2D eigenvalue weighted by Crippen LogP contribution is 2.35. The van der Waals surface area contributed by atoms with E-state index in [0.717, 1.165) is 27.2 Å². The van der Waals surface area contributed by atoms with E-state index in [0.29, 0.717) is 18.2 Å². The van der Waals surface area contributed by atoms with Gasteiger partial charge >= 0.3 is 0 Å². The van der Waals surface area contributed by atoms with Crippen LogP contribution in [0.4, 0.5) is 5.69 Å². The molecule has 0 saturated heterocycles. The van der Waals surface area contributed by atoms with E-state index in [-0.39, 0.29) is 6.04 Å². The lowest BCUT2D eigenvalue weighted by atomic mass is 10.1. The minimum atomic E-state index is 0.121. The van der Waals surface area contributed by atoms with E-state index >= 15 is 0 Å². The lowest BCUT2D eigenvalue weighted by molar-refractivity contribution is 0.171. The molecule has 3 rings (SSSR count). The molecule has 0 radical (unpaired) electrons. The van der Waals surface area contributed by atoms with Crippen molar-refractivity contribution in [2.45, 2.75) is 13.0 Å². The van der Waals surface area contributed by atoms with Gasteiger partial charge in [0.15, 0.2) is 11.5 Å². The molecular weight excluding hydrogens is 354 g/mol. The first-order chi connectivity index (χ1) is 10.1. The molecule has 2 aromatic rings. The summed E-state index contributed by atoms with van der Waals surface area (Å²) in [6.07, 6.45) is 0. The molecule has 1 atom stereocenters. The first-order valence-electron chi connectivity index (χ1n) is 6.75. The summed E-state index contributed by atoms with van der Waals surface area (Å²) in [5.41, 5.74) is 2.09. The molecule has 1 unspecified atom stereocenters. The van der Waals surface area contributed by atoms with Crippen molar-refractivity contribution in [3.63, 3.8) is 0 Å². The maximum Gasteiger partial charge on any atom is 0.161 e. The molecule has 110 valence electrons. The molecule has 0 saturated carbocycles. The van der Waals surface area contributed by atoms with Gasteiger partial charge in [0.2, 0.25) is 0 Å². The van der Waals surface area contributed by atoms with Crippen molar-refractivity contribution in [3.05, 3.63) is 51.5 Å². The van der Waals surface area contributed by atoms with Crippen LogP contribution in [0.3, 0.4) is 0 Å². The van der Waals surface area contributed by atoms with E-state index in [4.69, 9.17) is 21.1 Å². The third-order valence-corrected chi connectivity index (χ3v) is 4.79. The molecule has 0 aromatic heterocycles. The van der Waals surface area contributed by atoms with Crippen LogP contribution in [0.5, 0.6) is 11.5 Å². The second-order valence-electron chi connectivity index (χ2n) is 4.87. The SMILES string of the molecule is CC(Nc1cccc(Cl)c1Br)c1ccc2c(c1)OCCO2. The lowest BCUT2D eigenvalue weighted by Gasteiger charge is -2.22. The molecule has 0 fully saturated rings. The summed E-state index contributed by atoms with van der Waals surface area (Å²) < 4.78 is 12.0. The maximum absolute atomic E-state index is 6.11. The fraction of sp³-hybridized carbons (Fsp3) is 0.250. The van der Waals surface area contributed by atoms with Gasteiger partial charge in [-0.1, -0.05) is 23.7 Å². The van der Waals surface area contributed by atoms with Crippen LogP contribution in [0.1, 0.15) is 18.5 Å². The zero-order valence-electron chi connectivity index (χ0n) is 11.5. The molecule has 1 aliphatic rings. The van der Waals surface area contributed by atoms with Crippen molar-refractivity contribution < 1.29 is 9.47 Å². The van der Waals surface area contributed by atoms with Gasteiger partial charge in [0.1, 0.15) is 13.2 Å². The molecule has 0 bridgehead atoms. The summed E-state index contributed by atoms with van der Waals surface area (Å²) in [6.45, 7) is 3.30. The zero-order chi connectivity index (χ0) is 14.8. The predicted octanol–water partition coefficient (Wildman–Crippen LogP) is 5.05. The van der Waals surface area contributed by atoms with Crippen molar-refractivity contribution in [2.24, 2.45) is 0 Å². The number of anilines is 1. The number of fused-ring (bicyclic) bond motifs is 1. The summed E-state index contributed by atoms with van der Waals surface area (Å²) in [5, 5.41) is 4.14. The predicted molar refractivity (Wildman–Crippen MR) is 88.6 cm³/mol. The van der Waals surface area contributed by atoms with Crippen molar-refractivity contribution in [1.82, 2.24) is 0 Å². The van der Waals surface area contributed by atoms with Gasteiger partial charge in [-0.05, 0) is 52.7 Å². The fourth-order valence-electron chi connectivity index (χ4n) is 2.26. The largest absolute Gasteiger partial charge is 0.486 e. The fourth-order valence-corrected chi connectivity index (χ4v) is 2.81. The van der Waals surface area contributed by atoms with Gasteiger partial charge in [0.25, 0.3) is 0 Å². The topological polar surface area (TPSA) is 30.5 Å². The quantitative estimate of drug-likeness (QED) is 0.822. The number of ether oxygens (including phenoxy) is 2. The lowest BCUT2D eigenvalue weighted by Crippen LogP contribution is -2.16. The van der Waals surface area contributed by atoms with Crippen LogP contribution in [0.25, 0.3) is 0 Å². The van der Waals surface area contributed by atoms with Crippen LogP contribution >= 0.6 is 27.5 Å². The summed E-state index contributed by atoms with van der Waals surface area (Å²) in [5.74, 6) is 1.61. The zero-order valence-corrected chi connectivity index (χ0v) is 13.9. The number of rotatable bonds is 3. The molecule has 1 aliphatic heterocycles. The van der Waals surface area contributed by atoms with Gasteiger partial charge in [-0.2, -0.15) is 0 Å². The average Bonchev–Trinajstić information content (AvgIpc) is 2.51.